The zero-order valence-corrected chi connectivity index (χ0v) is 19.0. The maximum Gasteiger partial charge on any atom is 0.377 e. The maximum absolute atomic E-state index is 14.8. The molecule has 2 rings (SSSR count). The largest absolute Gasteiger partial charge is 0.500 e. The van der Waals surface area contributed by atoms with Gasteiger partial charge in [-0.15, -0.1) is 0 Å². The van der Waals surface area contributed by atoms with Gasteiger partial charge in [-0.05, 0) is 45.0 Å². The van der Waals surface area contributed by atoms with Crippen molar-refractivity contribution in [2.24, 2.45) is 0 Å². The van der Waals surface area contributed by atoms with E-state index in [0.717, 1.165) is 25.5 Å². The van der Waals surface area contributed by atoms with Crippen LogP contribution in [0.15, 0.2) is 54.5 Å². The maximum atomic E-state index is 14.8. The van der Waals surface area contributed by atoms with Crippen LogP contribution in [-0.2, 0) is 30.3 Å². The van der Waals surface area contributed by atoms with E-state index in [1.165, 1.54) is 19.2 Å². The Hall–Kier alpha value is -3.88. The van der Waals surface area contributed by atoms with Crippen LogP contribution in [0.2, 0.25) is 0 Å². The van der Waals surface area contributed by atoms with Gasteiger partial charge in [-0.1, -0.05) is 18.2 Å². The summed E-state index contributed by atoms with van der Waals surface area (Å²) in [4.78, 5) is 37.3. The molecule has 9 heteroatoms. The van der Waals surface area contributed by atoms with Gasteiger partial charge in [-0.2, -0.15) is 0 Å². The van der Waals surface area contributed by atoms with Crippen molar-refractivity contribution in [3.8, 4) is 5.75 Å². The Morgan fingerprint density at radius 2 is 1.64 bits per heavy atom. The standard InChI is InChI=1S/C24H25FO8/c1-24(2,3)33-23(28)20-16(13-31-21(26)15-9-7-6-8-10-15)17(25)11-12-18(20)32-19(14-29-4)22(27)30-5/h6-12,14H,13H2,1-5H3/b19-14+. The average molecular weight is 460 g/mol. The molecule has 0 bridgehead atoms. The first kappa shape index (κ1) is 25.4. The number of hydrogen-bond donors (Lipinski definition) is 0. The Balaban J connectivity index is 2.49. The Bertz CT molecular complexity index is 1040. The summed E-state index contributed by atoms with van der Waals surface area (Å²) in [6, 6.07) is 10.2. The molecule has 0 N–H and O–H groups in total. The molecule has 0 saturated carbocycles. The van der Waals surface area contributed by atoms with Crippen LogP contribution in [-0.4, -0.2) is 37.7 Å². The lowest BCUT2D eigenvalue weighted by Gasteiger charge is -2.22. The fourth-order valence-corrected chi connectivity index (χ4v) is 2.62. The van der Waals surface area contributed by atoms with Crippen molar-refractivity contribution in [3.05, 3.63) is 77.0 Å². The third-order valence-electron chi connectivity index (χ3n) is 4.01. The molecule has 2 aromatic carbocycles. The van der Waals surface area contributed by atoms with Gasteiger partial charge in [0.1, 0.15) is 35.6 Å². The van der Waals surface area contributed by atoms with Crippen molar-refractivity contribution < 1.29 is 42.5 Å². The molecule has 0 fully saturated rings. The van der Waals surface area contributed by atoms with E-state index >= 15 is 0 Å². The van der Waals surface area contributed by atoms with Crippen molar-refractivity contribution in [3.63, 3.8) is 0 Å². The minimum absolute atomic E-state index is 0.217. The van der Waals surface area contributed by atoms with Gasteiger partial charge in [0.15, 0.2) is 0 Å². The predicted octanol–water partition coefficient (Wildman–Crippen LogP) is 4.18. The minimum Gasteiger partial charge on any atom is -0.500 e. The molecular weight excluding hydrogens is 435 g/mol. The molecule has 0 radical (unpaired) electrons. The smallest absolute Gasteiger partial charge is 0.377 e. The number of ether oxygens (including phenoxy) is 5. The van der Waals surface area contributed by atoms with Crippen LogP contribution in [0.25, 0.3) is 0 Å². The second-order valence-corrected chi connectivity index (χ2v) is 7.65. The predicted molar refractivity (Wildman–Crippen MR) is 115 cm³/mol. The molecule has 0 amide bonds. The summed E-state index contributed by atoms with van der Waals surface area (Å²) >= 11 is 0. The van der Waals surface area contributed by atoms with Crippen LogP contribution in [0, 0.1) is 5.82 Å². The molecule has 2 aromatic rings. The van der Waals surface area contributed by atoms with Gasteiger partial charge >= 0.3 is 17.9 Å². The fraction of sp³-hybridized carbons (Fsp3) is 0.292. The number of hydrogen-bond acceptors (Lipinski definition) is 8. The number of halogens is 1. The van der Waals surface area contributed by atoms with E-state index in [-0.39, 0.29) is 22.4 Å². The molecule has 0 saturated heterocycles. The Morgan fingerprint density at radius 1 is 0.970 bits per heavy atom. The zero-order chi connectivity index (χ0) is 24.6. The number of rotatable bonds is 8. The molecule has 8 nitrogen and oxygen atoms in total. The van der Waals surface area contributed by atoms with Gasteiger partial charge in [0.2, 0.25) is 5.76 Å². The van der Waals surface area contributed by atoms with Crippen LogP contribution < -0.4 is 4.74 Å². The highest BCUT2D eigenvalue weighted by molar-refractivity contribution is 5.95. The SMILES string of the molecule is CO/C=C(/Oc1ccc(F)c(COC(=O)c2ccccc2)c1C(=O)OC(C)(C)C)C(=O)OC. The average Bonchev–Trinajstić information content (AvgIpc) is 2.77. The van der Waals surface area contributed by atoms with E-state index in [1.807, 2.05) is 0 Å². The summed E-state index contributed by atoms with van der Waals surface area (Å²) in [7, 11) is 2.41. The lowest BCUT2D eigenvalue weighted by Crippen LogP contribution is -2.26. The Kier molecular flexibility index (Phi) is 8.56. The zero-order valence-electron chi connectivity index (χ0n) is 19.0. The summed E-state index contributed by atoms with van der Waals surface area (Å²) in [5.41, 5.74) is -1.31. The van der Waals surface area contributed by atoms with E-state index in [1.54, 1.807) is 39.0 Å². The molecule has 176 valence electrons. The normalized spacial score (nSPS) is 11.4. The van der Waals surface area contributed by atoms with Crippen LogP contribution in [0.3, 0.4) is 0 Å². The summed E-state index contributed by atoms with van der Waals surface area (Å²) < 4.78 is 40.4. The van der Waals surface area contributed by atoms with Gasteiger partial charge in [0.25, 0.3) is 0 Å². The highest BCUT2D eigenvalue weighted by atomic mass is 19.1. The molecule has 0 aliphatic carbocycles. The minimum atomic E-state index is -0.940. The number of esters is 3. The summed E-state index contributed by atoms with van der Waals surface area (Å²) in [5, 5.41) is 0. The summed E-state index contributed by atoms with van der Waals surface area (Å²) in [5.74, 6) is -4.00. The van der Waals surface area contributed by atoms with Gasteiger partial charge in [-0.25, -0.2) is 18.8 Å². The third kappa shape index (κ3) is 7.06. The molecule has 0 atom stereocenters. The molecule has 0 spiro atoms. The van der Waals surface area contributed by atoms with Gasteiger partial charge < -0.3 is 23.7 Å². The molecule has 0 aromatic heterocycles. The number of benzene rings is 2. The van der Waals surface area contributed by atoms with Crippen molar-refractivity contribution >= 4 is 17.9 Å². The van der Waals surface area contributed by atoms with Crippen molar-refractivity contribution in [1.29, 1.82) is 0 Å². The van der Waals surface area contributed by atoms with Crippen LogP contribution in [0.4, 0.5) is 4.39 Å². The molecule has 33 heavy (non-hydrogen) atoms. The summed E-state index contributed by atoms with van der Waals surface area (Å²) in [6.07, 6.45) is 0.961. The number of carbonyl (C=O) groups excluding carboxylic acids is 3. The highest BCUT2D eigenvalue weighted by Gasteiger charge is 2.29. The first-order valence-electron chi connectivity index (χ1n) is 9.83. The third-order valence-corrected chi connectivity index (χ3v) is 4.01. The van der Waals surface area contributed by atoms with E-state index in [4.69, 9.17) is 18.9 Å². The van der Waals surface area contributed by atoms with E-state index < -0.39 is 41.7 Å². The van der Waals surface area contributed by atoms with Crippen LogP contribution in [0.5, 0.6) is 5.75 Å². The number of methoxy groups -OCH3 is 2. The molecule has 0 unspecified atom stereocenters. The topological polar surface area (TPSA) is 97.4 Å². The Labute approximate surface area is 190 Å². The van der Waals surface area contributed by atoms with Crippen molar-refractivity contribution in [2.75, 3.05) is 14.2 Å². The first-order chi connectivity index (χ1) is 15.6. The van der Waals surface area contributed by atoms with E-state index in [2.05, 4.69) is 4.74 Å². The van der Waals surface area contributed by atoms with E-state index in [0.29, 0.717) is 0 Å². The van der Waals surface area contributed by atoms with Gasteiger partial charge in [-0.3, -0.25) is 0 Å². The highest BCUT2D eigenvalue weighted by Crippen LogP contribution is 2.30. The number of carbonyl (C=O) groups is 3. The quantitative estimate of drug-likeness (QED) is 0.251. The monoisotopic (exact) mass is 460 g/mol. The van der Waals surface area contributed by atoms with Crippen molar-refractivity contribution in [1.82, 2.24) is 0 Å². The molecule has 0 aliphatic heterocycles. The second-order valence-electron chi connectivity index (χ2n) is 7.65. The summed E-state index contributed by atoms with van der Waals surface area (Å²) in [6.45, 7) is 4.30. The fourth-order valence-electron chi connectivity index (χ4n) is 2.62. The lowest BCUT2D eigenvalue weighted by atomic mass is 10.1. The van der Waals surface area contributed by atoms with Crippen molar-refractivity contribution in [2.45, 2.75) is 33.0 Å². The van der Waals surface area contributed by atoms with E-state index in [9.17, 15) is 18.8 Å². The van der Waals surface area contributed by atoms with Crippen LogP contribution >= 0.6 is 0 Å². The molecule has 0 aliphatic rings. The molecule has 0 heterocycles. The molecular formula is C24H25FO8. The Morgan fingerprint density at radius 3 is 2.21 bits per heavy atom. The van der Waals surface area contributed by atoms with Gasteiger partial charge in [0, 0.05) is 5.56 Å². The second kappa shape index (κ2) is 11.1. The van der Waals surface area contributed by atoms with Crippen LogP contribution in [0.1, 0.15) is 47.1 Å². The van der Waals surface area contributed by atoms with Gasteiger partial charge in [0.05, 0.1) is 19.8 Å². The first-order valence-corrected chi connectivity index (χ1v) is 9.83. The lowest BCUT2D eigenvalue weighted by molar-refractivity contribution is -0.138.